The summed E-state index contributed by atoms with van der Waals surface area (Å²) in [6, 6.07) is 25.3. The fourth-order valence-electron chi connectivity index (χ4n) is 4.21. The molecule has 31 heavy (non-hydrogen) atoms. The molecule has 1 aliphatic heterocycles. The SMILES string of the molecule is NC(=O)c1ccccc1-c1cccc(C2N=C(N)c3c(-c4ccncc4)cccc32)c1. The zero-order valence-corrected chi connectivity index (χ0v) is 16.7. The molecule has 150 valence electrons. The number of hydrogen-bond donors (Lipinski definition) is 2. The number of carbonyl (C=O) groups is 1. The molecule has 0 aliphatic carbocycles. The second-order valence-corrected chi connectivity index (χ2v) is 7.46. The van der Waals surface area contributed by atoms with Gasteiger partial charge in [-0.2, -0.15) is 0 Å². The van der Waals surface area contributed by atoms with Crippen molar-refractivity contribution in [2.75, 3.05) is 0 Å². The van der Waals surface area contributed by atoms with Gasteiger partial charge < -0.3 is 11.5 Å². The lowest BCUT2D eigenvalue weighted by Gasteiger charge is -2.14. The summed E-state index contributed by atoms with van der Waals surface area (Å²) in [5, 5.41) is 0. The van der Waals surface area contributed by atoms with E-state index in [4.69, 9.17) is 16.5 Å². The lowest BCUT2D eigenvalue weighted by molar-refractivity contribution is 0.100. The van der Waals surface area contributed by atoms with Crippen molar-refractivity contribution in [1.29, 1.82) is 0 Å². The van der Waals surface area contributed by atoms with Crippen LogP contribution in [-0.4, -0.2) is 16.7 Å². The van der Waals surface area contributed by atoms with Crippen LogP contribution in [0.15, 0.2) is 96.2 Å². The molecule has 3 aromatic carbocycles. The van der Waals surface area contributed by atoms with Crippen LogP contribution in [0.25, 0.3) is 22.3 Å². The van der Waals surface area contributed by atoms with E-state index in [-0.39, 0.29) is 6.04 Å². The van der Waals surface area contributed by atoms with Crippen molar-refractivity contribution in [3.63, 3.8) is 0 Å². The number of amides is 1. The Morgan fingerprint density at radius 1 is 0.806 bits per heavy atom. The van der Waals surface area contributed by atoms with Crippen LogP contribution in [-0.2, 0) is 0 Å². The zero-order chi connectivity index (χ0) is 21.4. The molecule has 0 fully saturated rings. The van der Waals surface area contributed by atoms with Gasteiger partial charge >= 0.3 is 0 Å². The number of amidine groups is 1. The maximum atomic E-state index is 11.9. The standard InChI is InChI=1S/C26H20N4O/c27-25-23-20(16-11-13-29-14-12-16)9-4-10-22(23)24(30-25)18-6-3-5-17(15-18)19-7-1-2-8-21(19)26(28)31/h1-15,24H,(H2,27,30)(H2,28,31). The molecule has 0 saturated carbocycles. The Hall–Kier alpha value is -4.25. The van der Waals surface area contributed by atoms with Gasteiger partial charge in [0.15, 0.2) is 0 Å². The van der Waals surface area contributed by atoms with Crippen molar-refractivity contribution >= 4 is 11.7 Å². The van der Waals surface area contributed by atoms with E-state index in [9.17, 15) is 4.79 Å². The first-order valence-electron chi connectivity index (χ1n) is 9.99. The predicted octanol–water partition coefficient (Wildman–Crippen LogP) is 4.32. The molecule has 1 atom stereocenters. The minimum absolute atomic E-state index is 0.211. The number of carbonyl (C=O) groups excluding carboxylic acids is 1. The number of fused-ring (bicyclic) bond motifs is 1. The van der Waals surface area contributed by atoms with E-state index in [0.717, 1.165) is 38.9 Å². The first-order valence-corrected chi connectivity index (χ1v) is 9.99. The topological polar surface area (TPSA) is 94.4 Å². The van der Waals surface area contributed by atoms with Crippen molar-refractivity contribution in [2.45, 2.75) is 6.04 Å². The largest absolute Gasteiger partial charge is 0.383 e. The second-order valence-electron chi connectivity index (χ2n) is 7.46. The Balaban J connectivity index is 1.61. The Morgan fingerprint density at radius 3 is 2.35 bits per heavy atom. The molecule has 2 heterocycles. The van der Waals surface area contributed by atoms with Crippen LogP contribution in [0.4, 0.5) is 0 Å². The number of nitrogens with zero attached hydrogens (tertiary/aromatic N) is 2. The summed E-state index contributed by atoms with van der Waals surface area (Å²) in [5.74, 6) is 0.0758. The number of aromatic nitrogens is 1. The van der Waals surface area contributed by atoms with E-state index in [1.54, 1.807) is 18.5 Å². The fraction of sp³-hybridized carbons (Fsp3) is 0.0385. The summed E-state index contributed by atoms with van der Waals surface area (Å²) in [6.45, 7) is 0. The summed E-state index contributed by atoms with van der Waals surface area (Å²) in [5.41, 5.74) is 19.3. The number of aliphatic imine (C=N–C) groups is 1. The monoisotopic (exact) mass is 404 g/mol. The number of benzene rings is 3. The Morgan fingerprint density at radius 2 is 1.55 bits per heavy atom. The highest BCUT2D eigenvalue weighted by Gasteiger charge is 2.28. The van der Waals surface area contributed by atoms with E-state index in [1.165, 1.54) is 0 Å². The van der Waals surface area contributed by atoms with Crippen LogP contribution in [0, 0.1) is 0 Å². The molecule has 4 aromatic rings. The highest BCUT2D eigenvalue weighted by molar-refractivity contribution is 6.07. The number of hydrogen-bond acceptors (Lipinski definition) is 4. The van der Waals surface area contributed by atoms with Gasteiger partial charge in [0, 0.05) is 23.5 Å². The average molecular weight is 404 g/mol. The maximum Gasteiger partial charge on any atom is 0.249 e. The summed E-state index contributed by atoms with van der Waals surface area (Å²) in [4.78, 5) is 20.8. The van der Waals surface area contributed by atoms with Crippen molar-refractivity contribution < 1.29 is 4.79 Å². The summed E-state index contributed by atoms with van der Waals surface area (Å²) >= 11 is 0. The minimum Gasteiger partial charge on any atom is -0.383 e. The first-order chi connectivity index (χ1) is 15.1. The van der Waals surface area contributed by atoms with Crippen LogP contribution in [0.1, 0.15) is 33.1 Å². The van der Waals surface area contributed by atoms with Gasteiger partial charge in [-0.25, -0.2) is 0 Å². The maximum absolute atomic E-state index is 11.9. The smallest absolute Gasteiger partial charge is 0.249 e. The van der Waals surface area contributed by atoms with Gasteiger partial charge in [0.1, 0.15) is 11.9 Å². The summed E-state index contributed by atoms with van der Waals surface area (Å²) in [7, 11) is 0. The number of primary amides is 1. The van der Waals surface area contributed by atoms with Gasteiger partial charge in [0.25, 0.3) is 0 Å². The zero-order valence-electron chi connectivity index (χ0n) is 16.7. The first kappa shape index (κ1) is 18.8. The number of pyridine rings is 1. The van der Waals surface area contributed by atoms with Gasteiger partial charge in [-0.1, -0.05) is 54.6 Å². The Labute approximate surface area is 180 Å². The Bertz CT molecular complexity index is 1330. The highest BCUT2D eigenvalue weighted by Crippen LogP contribution is 2.39. The third-order valence-corrected chi connectivity index (χ3v) is 5.61. The third-order valence-electron chi connectivity index (χ3n) is 5.61. The molecule has 1 aromatic heterocycles. The third kappa shape index (κ3) is 3.26. The van der Waals surface area contributed by atoms with Crippen molar-refractivity contribution in [2.24, 2.45) is 16.5 Å². The predicted molar refractivity (Wildman–Crippen MR) is 123 cm³/mol. The van der Waals surface area contributed by atoms with Crippen LogP contribution in [0.5, 0.6) is 0 Å². The molecular formula is C26H20N4O. The van der Waals surface area contributed by atoms with Crippen molar-refractivity contribution in [3.8, 4) is 22.3 Å². The molecule has 1 unspecified atom stereocenters. The molecule has 5 rings (SSSR count). The van der Waals surface area contributed by atoms with Crippen LogP contribution in [0.2, 0.25) is 0 Å². The van der Waals surface area contributed by atoms with Crippen LogP contribution in [0.3, 0.4) is 0 Å². The number of nitrogens with two attached hydrogens (primary N) is 2. The minimum atomic E-state index is -0.448. The highest BCUT2D eigenvalue weighted by atomic mass is 16.1. The molecule has 0 radical (unpaired) electrons. The van der Waals surface area contributed by atoms with Crippen molar-refractivity contribution in [3.05, 3.63) is 114 Å². The van der Waals surface area contributed by atoms with E-state index >= 15 is 0 Å². The van der Waals surface area contributed by atoms with Crippen LogP contribution >= 0.6 is 0 Å². The van der Waals surface area contributed by atoms with Gasteiger partial charge in [0.05, 0.1) is 0 Å². The normalized spacial score (nSPS) is 14.7. The molecule has 0 bridgehead atoms. The van der Waals surface area contributed by atoms with E-state index in [2.05, 4.69) is 23.2 Å². The van der Waals surface area contributed by atoms with Gasteiger partial charge in [-0.15, -0.1) is 0 Å². The molecule has 5 heteroatoms. The quantitative estimate of drug-likeness (QED) is 0.530. The van der Waals surface area contributed by atoms with E-state index in [0.29, 0.717) is 11.4 Å². The average Bonchev–Trinajstić information content (AvgIpc) is 3.16. The van der Waals surface area contributed by atoms with Crippen LogP contribution < -0.4 is 11.5 Å². The molecule has 4 N–H and O–H groups in total. The van der Waals surface area contributed by atoms with E-state index < -0.39 is 5.91 Å². The fourth-order valence-corrected chi connectivity index (χ4v) is 4.21. The van der Waals surface area contributed by atoms with Gasteiger partial charge in [-0.3, -0.25) is 14.8 Å². The molecule has 1 amide bonds. The van der Waals surface area contributed by atoms with Gasteiger partial charge in [-0.05, 0) is 57.6 Å². The molecule has 0 saturated heterocycles. The van der Waals surface area contributed by atoms with E-state index in [1.807, 2.05) is 54.6 Å². The second kappa shape index (κ2) is 7.54. The Kier molecular flexibility index (Phi) is 4.56. The van der Waals surface area contributed by atoms with Crippen molar-refractivity contribution in [1.82, 2.24) is 4.98 Å². The molecular weight excluding hydrogens is 384 g/mol. The van der Waals surface area contributed by atoms with Gasteiger partial charge in [0.2, 0.25) is 5.91 Å². The molecule has 0 spiro atoms. The summed E-state index contributed by atoms with van der Waals surface area (Å²) < 4.78 is 0. The molecule has 5 nitrogen and oxygen atoms in total. The molecule has 1 aliphatic rings. The lowest BCUT2D eigenvalue weighted by Crippen LogP contribution is -2.12. The number of rotatable bonds is 4. The summed E-state index contributed by atoms with van der Waals surface area (Å²) in [6.07, 6.45) is 3.54. The lowest BCUT2D eigenvalue weighted by atomic mass is 9.90.